The number of carboxylic acid groups (broad SMARTS) is 1. The van der Waals surface area contributed by atoms with E-state index in [-0.39, 0.29) is 12.6 Å². The van der Waals surface area contributed by atoms with Crippen molar-refractivity contribution in [2.24, 2.45) is 11.3 Å². The summed E-state index contributed by atoms with van der Waals surface area (Å²) in [5.41, 5.74) is 0.0629. The molecule has 0 bridgehead atoms. The van der Waals surface area contributed by atoms with Crippen LogP contribution in [0.3, 0.4) is 0 Å². The van der Waals surface area contributed by atoms with Crippen LogP contribution in [0, 0.1) is 18.3 Å². The molecule has 0 aromatic carbocycles. The van der Waals surface area contributed by atoms with Gasteiger partial charge in [0, 0.05) is 13.1 Å². The number of amides is 2. The number of aromatic nitrogens is 1. The highest BCUT2D eigenvalue weighted by Crippen LogP contribution is 2.32. The highest BCUT2D eigenvalue weighted by Gasteiger charge is 2.42. The summed E-state index contributed by atoms with van der Waals surface area (Å²) >= 11 is 1.46. The Bertz CT molecular complexity index is 585. The lowest BCUT2D eigenvalue weighted by molar-refractivity contribution is -0.146. The van der Waals surface area contributed by atoms with Crippen LogP contribution in [0.4, 0.5) is 9.80 Å². The molecule has 1 aromatic heterocycles. The number of nitrogens with one attached hydrogen (secondary N) is 1. The molecular weight excluding hydrogens is 302 g/mol. The lowest BCUT2D eigenvalue weighted by Gasteiger charge is -2.20. The normalized spacial score (nSPS) is 21.4. The van der Waals surface area contributed by atoms with Crippen molar-refractivity contribution in [1.82, 2.24) is 9.88 Å². The van der Waals surface area contributed by atoms with Crippen molar-refractivity contribution in [3.63, 3.8) is 0 Å². The van der Waals surface area contributed by atoms with Crippen LogP contribution in [0.2, 0.25) is 0 Å². The molecule has 1 aliphatic heterocycles. The first-order valence-corrected chi connectivity index (χ1v) is 8.28. The molecule has 2 heterocycles. The van der Waals surface area contributed by atoms with Gasteiger partial charge in [-0.3, -0.25) is 10.1 Å². The number of thiazole rings is 1. The standard InChI is InChI=1S/C15H23N3O3S/c1-9(2)7-11-12(22-10(3)16-11)17-14(21)18-6-5-15(4,8-18)13(19)20/h9H,5-8H2,1-4H3,(H,17,21)(H,19,20). The van der Waals surface area contributed by atoms with Gasteiger partial charge in [0.15, 0.2) is 0 Å². The minimum absolute atomic E-state index is 0.237. The lowest BCUT2D eigenvalue weighted by atomic mass is 9.90. The highest BCUT2D eigenvalue weighted by atomic mass is 32.1. The summed E-state index contributed by atoms with van der Waals surface area (Å²) < 4.78 is 0. The summed E-state index contributed by atoms with van der Waals surface area (Å²) in [7, 11) is 0. The van der Waals surface area contributed by atoms with Crippen LogP contribution in [-0.2, 0) is 11.2 Å². The maximum atomic E-state index is 12.4. The summed E-state index contributed by atoms with van der Waals surface area (Å²) in [6.45, 7) is 8.53. The number of anilines is 1. The molecular formula is C15H23N3O3S. The van der Waals surface area contributed by atoms with Gasteiger partial charge in [-0.1, -0.05) is 13.8 Å². The third-order valence-corrected chi connectivity index (χ3v) is 4.83. The van der Waals surface area contributed by atoms with Gasteiger partial charge in [-0.25, -0.2) is 9.78 Å². The molecule has 1 fully saturated rings. The predicted molar refractivity (Wildman–Crippen MR) is 86.3 cm³/mol. The zero-order valence-electron chi connectivity index (χ0n) is 13.5. The zero-order chi connectivity index (χ0) is 16.5. The number of likely N-dealkylation sites (tertiary alicyclic amines) is 1. The molecule has 2 amide bonds. The molecule has 0 radical (unpaired) electrons. The lowest BCUT2D eigenvalue weighted by Crippen LogP contribution is -2.37. The van der Waals surface area contributed by atoms with Crippen molar-refractivity contribution in [2.75, 3.05) is 18.4 Å². The van der Waals surface area contributed by atoms with Crippen LogP contribution < -0.4 is 5.32 Å². The number of carboxylic acids is 1. The van der Waals surface area contributed by atoms with Crippen LogP contribution in [0.25, 0.3) is 0 Å². The van der Waals surface area contributed by atoms with Gasteiger partial charge in [-0.2, -0.15) is 0 Å². The second-order valence-corrected chi connectivity index (χ2v) is 7.78. The molecule has 1 aromatic rings. The number of urea groups is 1. The van der Waals surface area contributed by atoms with Crippen molar-refractivity contribution in [1.29, 1.82) is 0 Å². The molecule has 0 aliphatic carbocycles. The fourth-order valence-corrected chi connectivity index (χ4v) is 3.41. The fourth-order valence-electron chi connectivity index (χ4n) is 2.58. The topological polar surface area (TPSA) is 82.5 Å². The van der Waals surface area contributed by atoms with E-state index in [0.29, 0.717) is 18.9 Å². The van der Waals surface area contributed by atoms with Crippen molar-refractivity contribution in [2.45, 2.75) is 40.5 Å². The van der Waals surface area contributed by atoms with E-state index in [1.165, 1.54) is 11.3 Å². The second-order valence-electron chi connectivity index (χ2n) is 6.57. The SMILES string of the molecule is Cc1nc(CC(C)C)c(NC(=O)N2CCC(C)(C(=O)O)C2)s1. The number of aliphatic carboxylic acids is 1. The van der Waals surface area contributed by atoms with Gasteiger partial charge in [0.1, 0.15) is 5.00 Å². The van der Waals surface area contributed by atoms with E-state index in [4.69, 9.17) is 0 Å². The number of carbonyl (C=O) groups excluding carboxylic acids is 1. The molecule has 122 valence electrons. The first-order chi connectivity index (χ1) is 10.2. The predicted octanol–water partition coefficient (Wildman–Crippen LogP) is 2.98. The van der Waals surface area contributed by atoms with Gasteiger partial charge in [0.2, 0.25) is 0 Å². The molecule has 1 saturated heterocycles. The average Bonchev–Trinajstić information content (AvgIpc) is 2.94. The quantitative estimate of drug-likeness (QED) is 0.891. The van der Waals surface area contributed by atoms with Crippen molar-refractivity contribution < 1.29 is 14.7 Å². The van der Waals surface area contributed by atoms with Crippen LogP contribution in [0.15, 0.2) is 0 Å². The van der Waals surface area contributed by atoms with Gasteiger partial charge in [-0.15, -0.1) is 11.3 Å². The largest absolute Gasteiger partial charge is 0.481 e. The monoisotopic (exact) mass is 325 g/mol. The van der Waals surface area contributed by atoms with E-state index in [1.807, 2.05) is 6.92 Å². The fraction of sp³-hybridized carbons (Fsp3) is 0.667. The number of rotatable bonds is 4. The third kappa shape index (κ3) is 3.58. The number of hydrogen-bond donors (Lipinski definition) is 2. The number of hydrogen-bond acceptors (Lipinski definition) is 4. The average molecular weight is 325 g/mol. The molecule has 7 heteroatoms. The van der Waals surface area contributed by atoms with Crippen LogP contribution >= 0.6 is 11.3 Å². The Morgan fingerprint density at radius 1 is 1.50 bits per heavy atom. The molecule has 1 aliphatic rings. The van der Waals surface area contributed by atoms with Crippen LogP contribution in [0.1, 0.15) is 37.9 Å². The molecule has 2 rings (SSSR count). The van der Waals surface area contributed by atoms with Gasteiger partial charge >= 0.3 is 12.0 Å². The Morgan fingerprint density at radius 2 is 2.18 bits per heavy atom. The van der Waals surface area contributed by atoms with Crippen LogP contribution in [0.5, 0.6) is 0 Å². The van der Waals surface area contributed by atoms with Crippen molar-refractivity contribution in [3.8, 4) is 0 Å². The highest BCUT2D eigenvalue weighted by molar-refractivity contribution is 7.16. The van der Waals surface area contributed by atoms with Gasteiger partial charge in [-0.05, 0) is 32.6 Å². The Kier molecular flexibility index (Phi) is 4.75. The smallest absolute Gasteiger partial charge is 0.322 e. The Hall–Kier alpha value is -1.63. The van der Waals surface area contributed by atoms with Gasteiger partial charge in [0.05, 0.1) is 16.1 Å². The minimum Gasteiger partial charge on any atom is -0.481 e. The summed E-state index contributed by atoms with van der Waals surface area (Å²) in [6.07, 6.45) is 1.29. The maximum absolute atomic E-state index is 12.4. The summed E-state index contributed by atoms with van der Waals surface area (Å²) in [5, 5.41) is 13.8. The van der Waals surface area contributed by atoms with E-state index in [0.717, 1.165) is 22.1 Å². The molecule has 22 heavy (non-hydrogen) atoms. The van der Waals surface area contributed by atoms with Crippen molar-refractivity contribution >= 4 is 28.3 Å². The Labute approximate surface area is 134 Å². The second kappa shape index (κ2) is 6.24. The van der Waals surface area contributed by atoms with E-state index in [2.05, 4.69) is 24.1 Å². The summed E-state index contributed by atoms with van der Waals surface area (Å²) in [6, 6.07) is -0.237. The molecule has 1 atom stereocenters. The number of nitrogens with zero attached hydrogens (tertiary/aromatic N) is 2. The van der Waals surface area contributed by atoms with E-state index in [9.17, 15) is 14.7 Å². The molecule has 1 unspecified atom stereocenters. The molecule has 2 N–H and O–H groups in total. The Morgan fingerprint density at radius 3 is 2.73 bits per heavy atom. The number of carbonyl (C=O) groups is 2. The van der Waals surface area contributed by atoms with Gasteiger partial charge in [0.25, 0.3) is 0 Å². The number of aryl methyl sites for hydroxylation is 1. The van der Waals surface area contributed by atoms with Gasteiger partial charge < -0.3 is 10.0 Å². The van der Waals surface area contributed by atoms with Crippen LogP contribution in [-0.4, -0.2) is 40.1 Å². The first-order valence-electron chi connectivity index (χ1n) is 7.47. The maximum Gasteiger partial charge on any atom is 0.322 e. The minimum atomic E-state index is -0.850. The third-order valence-electron chi connectivity index (χ3n) is 3.90. The van der Waals surface area contributed by atoms with E-state index >= 15 is 0 Å². The molecule has 0 spiro atoms. The molecule has 0 saturated carbocycles. The van der Waals surface area contributed by atoms with E-state index in [1.54, 1.807) is 11.8 Å². The first kappa shape index (κ1) is 16.7. The molecule has 6 nitrogen and oxygen atoms in total. The summed E-state index contributed by atoms with van der Waals surface area (Å²) in [5.74, 6) is -0.392. The zero-order valence-corrected chi connectivity index (χ0v) is 14.3. The Balaban J connectivity index is 2.06. The van der Waals surface area contributed by atoms with E-state index < -0.39 is 11.4 Å². The summed E-state index contributed by atoms with van der Waals surface area (Å²) in [4.78, 5) is 29.7. The van der Waals surface area contributed by atoms with Crippen molar-refractivity contribution in [3.05, 3.63) is 10.7 Å².